The minimum Gasteiger partial charge on any atom is -0.478 e. The lowest BCUT2D eigenvalue weighted by atomic mass is 10.2. The van der Waals surface area contributed by atoms with E-state index in [1.165, 1.54) is 12.1 Å². The van der Waals surface area contributed by atoms with Crippen LogP contribution in [0.4, 0.5) is 11.5 Å². The molecular formula is C15H13N3O2. The molecule has 0 aliphatic rings. The summed E-state index contributed by atoms with van der Waals surface area (Å²) in [6, 6.07) is 12.0. The van der Waals surface area contributed by atoms with Crippen LogP contribution >= 0.6 is 0 Å². The molecule has 0 amide bonds. The number of aromatic nitrogens is 1. The quantitative estimate of drug-likeness (QED) is 0.925. The number of anilines is 2. The number of pyridine rings is 1. The molecule has 0 atom stereocenters. The summed E-state index contributed by atoms with van der Waals surface area (Å²) >= 11 is 0. The summed E-state index contributed by atoms with van der Waals surface area (Å²) in [6.45, 7) is 1.85. The molecule has 0 fully saturated rings. The second-order valence-corrected chi connectivity index (χ2v) is 4.35. The van der Waals surface area contributed by atoms with Crippen LogP contribution in [0, 0.1) is 18.3 Å². The first-order valence-corrected chi connectivity index (χ1v) is 5.98. The van der Waals surface area contributed by atoms with Crippen molar-refractivity contribution < 1.29 is 9.90 Å². The Bertz CT molecular complexity index is 687. The van der Waals surface area contributed by atoms with Gasteiger partial charge in [-0.3, -0.25) is 0 Å². The van der Waals surface area contributed by atoms with Crippen LogP contribution in [0.15, 0.2) is 36.4 Å². The Balaban J connectivity index is 2.41. The Kier molecular flexibility index (Phi) is 3.67. The predicted molar refractivity (Wildman–Crippen MR) is 75.2 cm³/mol. The maximum Gasteiger partial charge on any atom is 0.335 e. The second-order valence-electron chi connectivity index (χ2n) is 4.35. The van der Waals surface area contributed by atoms with Gasteiger partial charge in [0.15, 0.2) is 5.82 Å². The Morgan fingerprint density at radius 3 is 2.45 bits per heavy atom. The normalized spacial score (nSPS) is 9.85. The van der Waals surface area contributed by atoms with Gasteiger partial charge in [0, 0.05) is 18.4 Å². The maximum absolute atomic E-state index is 10.8. The van der Waals surface area contributed by atoms with Crippen LogP contribution in [-0.4, -0.2) is 23.1 Å². The molecule has 1 heterocycles. The van der Waals surface area contributed by atoms with Crippen LogP contribution in [0.2, 0.25) is 0 Å². The fourth-order valence-electron chi connectivity index (χ4n) is 1.84. The van der Waals surface area contributed by atoms with E-state index in [1.807, 2.05) is 6.92 Å². The van der Waals surface area contributed by atoms with Crippen molar-refractivity contribution in [2.45, 2.75) is 6.92 Å². The first kappa shape index (κ1) is 13.6. The van der Waals surface area contributed by atoms with Gasteiger partial charge in [-0.05, 0) is 43.3 Å². The first-order chi connectivity index (χ1) is 9.52. The summed E-state index contributed by atoms with van der Waals surface area (Å²) in [4.78, 5) is 17.0. The number of rotatable bonds is 3. The smallest absolute Gasteiger partial charge is 0.335 e. The topological polar surface area (TPSA) is 77.2 Å². The highest BCUT2D eigenvalue weighted by molar-refractivity contribution is 5.88. The second kappa shape index (κ2) is 5.41. The van der Waals surface area contributed by atoms with Crippen molar-refractivity contribution in [3.63, 3.8) is 0 Å². The van der Waals surface area contributed by atoms with Gasteiger partial charge in [-0.15, -0.1) is 0 Å². The summed E-state index contributed by atoms with van der Waals surface area (Å²) in [5.41, 5.74) is 2.28. The lowest BCUT2D eigenvalue weighted by molar-refractivity contribution is 0.0697. The molecule has 0 radical (unpaired) electrons. The van der Waals surface area contributed by atoms with Gasteiger partial charge in [-0.25, -0.2) is 9.78 Å². The lowest BCUT2D eigenvalue weighted by Crippen LogP contribution is -2.13. The number of carboxylic acids is 1. The number of aryl methyl sites for hydroxylation is 1. The fourth-order valence-corrected chi connectivity index (χ4v) is 1.84. The summed E-state index contributed by atoms with van der Waals surface area (Å²) in [6.07, 6.45) is 0. The number of hydrogen-bond acceptors (Lipinski definition) is 4. The van der Waals surface area contributed by atoms with Crippen LogP contribution < -0.4 is 4.90 Å². The summed E-state index contributed by atoms with van der Waals surface area (Å²) in [7, 11) is 1.79. The molecule has 0 saturated carbocycles. The van der Waals surface area contributed by atoms with Crippen LogP contribution in [0.25, 0.3) is 0 Å². The van der Waals surface area contributed by atoms with Gasteiger partial charge in [0.05, 0.1) is 11.1 Å². The van der Waals surface area contributed by atoms with E-state index >= 15 is 0 Å². The molecule has 1 aromatic carbocycles. The van der Waals surface area contributed by atoms with Gasteiger partial charge < -0.3 is 10.0 Å². The predicted octanol–water partition coefficient (Wildman–Crippen LogP) is 2.73. The van der Waals surface area contributed by atoms with Crippen molar-refractivity contribution in [3.05, 3.63) is 53.2 Å². The van der Waals surface area contributed by atoms with Gasteiger partial charge in [-0.2, -0.15) is 5.26 Å². The Hall–Kier alpha value is -2.87. The first-order valence-electron chi connectivity index (χ1n) is 5.98. The third-order valence-corrected chi connectivity index (χ3v) is 2.95. The monoisotopic (exact) mass is 267 g/mol. The van der Waals surface area contributed by atoms with E-state index in [0.717, 1.165) is 11.4 Å². The van der Waals surface area contributed by atoms with E-state index in [0.29, 0.717) is 11.4 Å². The van der Waals surface area contributed by atoms with Crippen molar-refractivity contribution in [2.75, 3.05) is 11.9 Å². The molecule has 0 spiro atoms. The van der Waals surface area contributed by atoms with Gasteiger partial charge in [0.2, 0.25) is 0 Å². The van der Waals surface area contributed by atoms with Crippen molar-refractivity contribution in [3.8, 4) is 6.07 Å². The summed E-state index contributed by atoms with van der Waals surface area (Å²) in [5.74, 6) is -0.416. The molecule has 0 unspecified atom stereocenters. The fraction of sp³-hybridized carbons (Fsp3) is 0.133. The van der Waals surface area contributed by atoms with Crippen molar-refractivity contribution in [2.24, 2.45) is 0 Å². The Labute approximate surface area is 116 Å². The van der Waals surface area contributed by atoms with Crippen LogP contribution in [0.1, 0.15) is 21.6 Å². The van der Waals surface area contributed by atoms with Crippen LogP contribution in [0.3, 0.4) is 0 Å². The number of aromatic carboxylic acids is 1. The third-order valence-electron chi connectivity index (χ3n) is 2.95. The van der Waals surface area contributed by atoms with E-state index in [-0.39, 0.29) is 5.56 Å². The van der Waals surface area contributed by atoms with Crippen molar-refractivity contribution >= 4 is 17.5 Å². The number of nitriles is 1. The number of carboxylic acid groups (broad SMARTS) is 1. The SMILES string of the molecule is Cc1ccc(C#N)c(N(C)c2ccc(C(=O)O)cc2)n1. The number of benzene rings is 1. The number of hydrogen-bond donors (Lipinski definition) is 1. The largest absolute Gasteiger partial charge is 0.478 e. The molecule has 1 aromatic heterocycles. The maximum atomic E-state index is 10.8. The van der Waals surface area contributed by atoms with E-state index < -0.39 is 5.97 Å². The minimum atomic E-state index is -0.967. The average Bonchev–Trinajstić information content (AvgIpc) is 2.46. The molecule has 2 rings (SSSR count). The molecular weight excluding hydrogens is 254 g/mol. The zero-order chi connectivity index (χ0) is 14.7. The third kappa shape index (κ3) is 2.59. The zero-order valence-corrected chi connectivity index (χ0v) is 11.2. The molecule has 0 bridgehead atoms. The molecule has 0 saturated heterocycles. The highest BCUT2D eigenvalue weighted by Crippen LogP contribution is 2.25. The highest BCUT2D eigenvalue weighted by Gasteiger charge is 2.12. The Morgan fingerprint density at radius 1 is 1.25 bits per heavy atom. The average molecular weight is 267 g/mol. The molecule has 2 aromatic rings. The number of nitrogens with zero attached hydrogens (tertiary/aromatic N) is 3. The molecule has 0 aliphatic carbocycles. The van der Waals surface area contributed by atoms with Gasteiger partial charge >= 0.3 is 5.97 Å². The molecule has 100 valence electrons. The van der Waals surface area contributed by atoms with E-state index in [1.54, 1.807) is 36.2 Å². The van der Waals surface area contributed by atoms with Crippen molar-refractivity contribution in [1.29, 1.82) is 5.26 Å². The standard InChI is InChI=1S/C15H13N3O2/c1-10-3-4-12(9-16)14(17-10)18(2)13-7-5-11(6-8-13)15(19)20/h3-8H,1-2H3,(H,19,20). The van der Waals surface area contributed by atoms with Crippen molar-refractivity contribution in [1.82, 2.24) is 4.98 Å². The van der Waals surface area contributed by atoms with E-state index in [9.17, 15) is 4.79 Å². The highest BCUT2D eigenvalue weighted by atomic mass is 16.4. The summed E-state index contributed by atoms with van der Waals surface area (Å²) < 4.78 is 0. The van der Waals surface area contributed by atoms with Gasteiger partial charge in [0.25, 0.3) is 0 Å². The molecule has 5 heteroatoms. The van der Waals surface area contributed by atoms with Gasteiger partial charge in [-0.1, -0.05) is 0 Å². The molecule has 5 nitrogen and oxygen atoms in total. The molecule has 0 aliphatic heterocycles. The van der Waals surface area contributed by atoms with Crippen LogP contribution in [-0.2, 0) is 0 Å². The molecule has 1 N–H and O–H groups in total. The summed E-state index contributed by atoms with van der Waals surface area (Å²) in [5, 5.41) is 18.0. The molecule has 20 heavy (non-hydrogen) atoms. The van der Waals surface area contributed by atoms with Crippen LogP contribution in [0.5, 0.6) is 0 Å². The van der Waals surface area contributed by atoms with Gasteiger partial charge in [0.1, 0.15) is 6.07 Å². The Morgan fingerprint density at radius 2 is 1.90 bits per heavy atom. The zero-order valence-electron chi connectivity index (χ0n) is 11.2. The lowest BCUT2D eigenvalue weighted by Gasteiger charge is -2.20. The van der Waals surface area contributed by atoms with E-state index in [4.69, 9.17) is 10.4 Å². The van der Waals surface area contributed by atoms with E-state index in [2.05, 4.69) is 11.1 Å². The number of carbonyl (C=O) groups is 1. The minimum absolute atomic E-state index is 0.222.